The van der Waals surface area contributed by atoms with E-state index < -0.39 is 12.7 Å². The molecule has 1 atom stereocenters. The molecule has 1 heterocycles. The van der Waals surface area contributed by atoms with E-state index in [4.69, 9.17) is 15.2 Å². The van der Waals surface area contributed by atoms with E-state index in [2.05, 4.69) is 10.2 Å². The maximum Gasteiger partial charge on any atom is 0.387 e. The van der Waals surface area contributed by atoms with Crippen molar-refractivity contribution >= 4 is 23.2 Å². The summed E-state index contributed by atoms with van der Waals surface area (Å²) >= 11 is 0. The first-order valence-electron chi connectivity index (χ1n) is 12.2. The average Bonchev–Trinajstić information content (AvgIpc) is 2.74. The molecule has 1 saturated heterocycles. The topological polar surface area (TPSA) is 97.1 Å². The number of rotatable bonds is 11. The summed E-state index contributed by atoms with van der Waals surface area (Å²) in [5.41, 5.74) is 6.58. The van der Waals surface area contributed by atoms with E-state index in [1.165, 1.54) is 29.9 Å². The van der Waals surface area contributed by atoms with Crippen LogP contribution in [-0.4, -0.2) is 68.8 Å². The molecule has 4 rings (SSSR count). The Bertz CT molecular complexity index is 847. The van der Waals surface area contributed by atoms with Gasteiger partial charge in [0.05, 0.1) is 12.3 Å². The van der Waals surface area contributed by atoms with Gasteiger partial charge in [0.25, 0.3) is 5.91 Å². The SMILES string of the molecule is NC[C@@H](C(=O)Nc1ccc(N2CCOCC2=O)cc1OC(F)F)N(CC1CCC1)CC1CCC1. The van der Waals surface area contributed by atoms with Crippen molar-refractivity contribution in [2.75, 3.05) is 49.6 Å². The molecular formula is C24H34F2N4O4. The van der Waals surface area contributed by atoms with Crippen LogP contribution in [0.15, 0.2) is 18.2 Å². The van der Waals surface area contributed by atoms with Crippen LogP contribution >= 0.6 is 0 Å². The Morgan fingerprint density at radius 3 is 2.41 bits per heavy atom. The highest BCUT2D eigenvalue weighted by Crippen LogP contribution is 2.34. The van der Waals surface area contributed by atoms with Crippen molar-refractivity contribution < 1.29 is 27.8 Å². The number of hydrogen-bond donors (Lipinski definition) is 2. The molecule has 2 amide bonds. The lowest BCUT2D eigenvalue weighted by Gasteiger charge is -2.40. The van der Waals surface area contributed by atoms with E-state index in [0.717, 1.165) is 38.8 Å². The van der Waals surface area contributed by atoms with Gasteiger partial charge in [-0.1, -0.05) is 12.8 Å². The number of nitrogens with zero attached hydrogens (tertiary/aromatic N) is 2. The van der Waals surface area contributed by atoms with Crippen LogP contribution in [0, 0.1) is 11.8 Å². The number of ether oxygens (including phenoxy) is 2. The average molecular weight is 481 g/mol. The highest BCUT2D eigenvalue weighted by atomic mass is 19.3. The molecule has 1 aliphatic heterocycles. The van der Waals surface area contributed by atoms with Crippen LogP contribution in [0.25, 0.3) is 0 Å². The number of anilines is 2. The van der Waals surface area contributed by atoms with Crippen molar-refractivity contribution in [2.24, 2.45) is 17.6 Å². The summed E-state index contributed by atoms with van der Waals surface area (Å²) in [4.78, 5) is 29.1. The Hall–Kier alpha value is -2.30. The number of nitrogens with one attached hydrogen (secondary N) is 1. The van der Waals surface area contributed by atoms with E-state index in [9.17, 15) is 18.4 Å². The van der Waals surface area contributed by atoms with Crippen LogP contribution < -0.4 is 20.7 Å². The minimum Gasteiger partial charge on any atom is -0.433 e. The summed E-state index contributed by atoms with van der Waals surface area (Å²) in [5.74, 6) is 0.350. The van der Waals surface area contributed by atoms with E-state index in [1.807, 2.05) is 0 Å². The lowest BCUT2D eigenvalue weighted by molar-refractivity contribution is -0.125. The van der Waals surface area contributed by atoms with Crippen LogP contribution in [-0.2, 0) is 14.3 Å². The first-order chi connectivity index (χ1) is 16.4. The van der Waals surface area contributed by atoms with Crippen LogP contribution in [0.2, 0.25) is 0 Å². The predicted molar refractivity (Wildman–Crippen MR) is 124 cm³/mol. The summed E-state index contributed by atoms with van der Waals surface area (Å²) in [6.07, 6.45) is 7.08. The minimum absolute atomic E-state index is 0.0699. The van der Waals surface area contributed by atoms with Crippen molar-refractivity contribution in [3.63, 3.8) is 0 Å². The molecule has 2 aliphatic carbocycles. The molecule has 3 N–H and O–H groups in total. The van der Waals surface area contributed by atoms with Gasteiger partial charge < -0.3 is 25.4 Å². The maximum atomic E-state index is 13.3. The van der Waals surface area contributed by atoms with Crippen LogP contribution in [0.4, 0.5) is 20.2 Å². The quantitative estimate of drug-likeness (QED) is 0.506. The third-order valence-electron chi connectivity index (χ3n) is 7.14. The van der Waals surface area contributed by atoms with Gasteiger partial charge in [-0.15, -0.1) is 0 Å². The molecule has 2 saturated carbocycles. The largest absolute Gasteiger partial charge is 0.433 e. The molecule has 0 spiro atoms. The molecule has 0 aromatic heterocycles. The van der Waals surface area contributed by atoms with Gasteiger partial charge in [-0.3, -0.25) is 14.5 Å². The Morgan fingerprint density at radius 2 is 1.88 bits per heavy atom. The second-order valence-corrected chi connectivity index (χ2v) is 9.45. The number of carbonyl (C=O) groups excluding carboxylic acids is 2. The van der Waals surface area contributed by atoms with E-state index in [-0.39, 0.29) is 36.4 Å². The number of alkyl halides is 2. The van der Waals surface area contributed by atoms with Gasteiger partial charge >= 0.3 is 6.61 Å². The molecule has 0 unspecified atom stereocenters. The number of nitrogens with two attached hydrogens (primary N) is 1. The summed E-state index contributed by atoms with van der Waals surface area (Å²) < 4.78 is 36.1. The number of halogens is 2. The van der Waals surface area contributed by atoms with Crippen molar-refractivity contribution in [3.8, 4) is 5.75 Å². The lowest BCUT2D eigenvalue weighted by atomic mass is 9.82. The molecule has 34 heavy (non-hydrogen) atoms. The zero-order chi connectivity index (χ0) is 24.1. The van der Waals surface area contributed by atoms with Crippen molar-refractivity contribution in [1.29, 1.82) is 0 Å². The van der Waals surface area contributed by atoms with Crippen LogP contribution in [0.5, 0.6) is 5.75 Å². The fraction of sp³-hybridized carbons (Fsp3) is 0.667. The highest BCUT2D eigenvalue weighted by molar-refractivity contribution is 5.98. The van der Waals surface area contributed by atoms with Gasteiger partial charge in [-0.05, 0) is 49.7 Å². The summed E-state index contributed by atoms with van der Waals surface area (Å²) in [6, 6.07) is 3.89. The first-order valence-corrected chi connectivity index (χ1v) is 12.2. The fourth-order valence-corrected chi connectivity index (χ4v) is 4.75. The van der Waals surface area contributed by atoms with E-state index in [0.29, 0.717) is 30.7 Å². The van der Waals surface area contributed by atoms with Gasteiger partial charge in [0.1, 0.15) is 12.6 Å². The molecule has 10 heteroatoms. The molecular weight excluding hydrogens is 446 g/mol. The summed E-state index contributed by atoms with van der Waals surface area (Å²) in [5, 5.41) is 2.76. The Morgan fingerprint density at radius 1 is 1.21 bits per heavy atom. The summed E-state index contributed by atoms with van der Waals surface area (Å²) in [6.45, 7) is -0.702. The number of hydrogen-bond acceptors (Lipinski definition) is 6. The predicted octanol–water partition coefficient (Wildman–Crippen LogP) is 2.82. The molecule has 0 bridgehead atoms. The first kappa shape index (κ1) is 24.8. The smallest absolute Gasteiger partial charge is 0.387 e. The number of benzene rings is 1. The maximum absolute atomic E-state index is 13.3. The van der Waals surface area contributed by atoms with Crippen molar-refractivity contribution in [1.82, 2.24) is 4.90 Å². The second-order valence-electron chi connectivity index (χ2n) is 9.45. The van der Waals surface area contributed by atoms with Gasteiger partial charge in [0.2, 0.25) is 5.91 Å². The third kappa shape index (κ3) is 6.03. The molecule has 0 radical (unpaired) electrons. The van der Waals surface area contributed by atoms with Crippen LogP contribution in [0.3, 0.4) is 0 Å². The van der Waals surface area contributed by atoms with Gasteiger partial charge in [-0.2, -0.15) is 8.78 Å². The molecule has 3 aliphatic rings. The Balaban J connectivity index is 1.50. The molecule has 8 nitrogen and oxygen atoms in total. The standard InChI is InChI=1S/C24H34F2N4O4/c25-24(26)34-21-11-18(30-9-10-33-15-22(30)31)7-8-19(21)28-23(32)20(12-27)29(13-16-3-1-4-16)14-17-5-2-6-17/h7-8,11,16-17,20,24H,1-6,9-10,12-15,27H2,(H,28,32)/t20-/m0/s1. The Labute approximate surface area is 198 Å². The molecule has 188 valence electrons. The van der Waals surface area contributed by atoms with Gasteiger partial charge in [-0.25, -0.2) is 0 Å². The molecule has 3 fully saturated rings. The van der Waals surface area contributed by atoms with E-state index >= 15 is 0 Å². The highest BCUT2D eigenvalue weighted by Gasteiger charge is 2.33. The molecule has 1 aromatic carbocycles. The number of carbonyl (C=O) groups is 2. The zero-order valence-corrected chi connectivity index (χ0v) is 19.4. The van der Waals surface area contributed by atoms with E-state index in [1.54, 1.807) is 6.07 Å². The fourth-order valence-electron chi connectivity index (χ4n) is 4.75. The van der Waals surface area contributed by atoms with Gasteiger partial charge in [0.15, 0.2) is 5.75 Å². The zero-order valence-electron chi connectivity index (χ0n) is 19.4. The van der Waals surface area contributed by atoms with Gasteiger partial charge in [0, 0.05) is 37.9 Å². The van der Waals surface area contributed by atoms with Crippen LogP contribution in [0.1, 0.15) is 38.5 Å². The summed E-state index contributed by atoms with van der Waals surface area (Å²) in [7, 11) is 0. The Kier molecular flexibility index (Phi) is 8.33. The third-order valence-corrected chi connectivity index (χ3v) is 7.14. The monoisotopic (exact) mass is 480 g/mol. The van der Waals surface area contributed by atoms with Crippen molar-refractivity contribution in [3.05, 3.63) is 18.2 Å². The minimum atomic E-state index is -3.08. The van der Waals surface area contributed by atoms with Crippen molar-refractivity contribution in [2.45, 2.75) is 51.2 Å². The normalized spacial score (nSPS) is 20.3. The molecule has 1 aromatic rings. The number of amides is 2. The number of morpholine rings is 1. The second kappa shape index (κ2) is 11.4. The lowest BCUT2D eigenvalue weighted by Crippen LogP contribution is -2.52.